The van der Waals surface area contributed by atoms with Gasteiger partial charge in [-0.15, -0.1) is 0 Å². The van der Waals surface area contributed by atoms with E-state index in [1.165, 1.54) is 5.56 Å². The number of aromatic nitrogens is 2. The van der Waals surface area contributed by atoms with Gasteiger partial charge in [0, 0.05) is 0 Å². The molecule has 2 rings (SSSR count). The Bertz CT molecular complexity index is 535. The molecule has 0 spiro atoms. The average Bonchev–Trinajstić information content (AvgIpc) is 2.85. The van der Waals surface area contributed by atoms with Crippen LogP contribution in [0.15, 0.2) is 28.8 Å². The second kappa shape index (κ2) is 5.84. The van der Waals surface area contributed by atoms with Gasteiger partial charge in [0.05, 0.1) is 6.04 Å². The summed E-state index contributed by atoms with van der Waals surface area (Å²) in [6, 6.07) is 7.75. The monoisotopic (exact) mass is 261 g/mol. The van der Waals surface area contributed by atoms with E-state index in [4.69, 9.17) is 15.0 Å². The van der Waals surface area contributed by atoms with Gasteiger partial charge in [-0.3, -0.25) is 0 Å². The van der Waals surface area contributed by atoms with E-state index in [1.54, 1.807) is 6.92 Å². The lowest BCUT2D eigenvalue weighted by molar-refractivity contribution is 0.284. The zero-order valence-electron chi connectivity index (χ0n) is 11.5. The number of hydrogen-bond acceptors (Lipinski definition) is 5. The summed E-state index contributed by atoms with van der Waals surface area (Å²) in [7, 11) is 0. The molecule has 0 amide bonds. The second-order valence-corrected chi connectivity index (χ2v) is 4.85. The van der Waals surface area contributed by atoms with E-state index in [0.29, 0.717) is 17.6 Å². The normalized spacial score (nSPS) is 12.7. The van der Waals surface area contributed by atoms with Crippen LogP contribution in [0.1, 0.15) is 50.0 Å². The summed E-state index contributed by atoms with van der Waals surface area (Å²) in [5, 5.41) is 3.82. The summed E-state index contributed by atoms with van der Waals surface area (Å²) in [5.74, 6) is 2.20. The number of rotatable bonds is 5. The first-order valence-corrected chi connectivity index (χ1v) is 6.37. The van der Waals surface area contributed by atoms with Crippen molar-refractivity contribution in [1.29, 1.82) is 0 Å². The molecule has 1 heterocycles. The van der Waals surface area contributed by atoms with Crippen LogP contribution in [0.2, 0.25) is 0 Å². The lowest BCUT2D eigenvalue weighted by Gasteiger charge is -2.08. The maximum absolute atomic E-state index is 5.65. The van der Waals surface area contributed by atoms with Crippen LogP contribution in [0.3, 0.4) is 0 Å². The number of hydrogen-bond donors (Lipinski definition) is 1. The SMILES string of the molecule is CC(C)c1cccc(OCc2noc(C(C)N)n2)c1. The molecule has 19 heavy (non-hydrogen) atoms. The Morgan fingerprint density at radius 1 is 1.32 bits per heavy atom. The van der Waals surface area contributed by atoms with E-state index in [1.807, 2.05) is 18.2 Å². The Kier molecular flexibility index (Phi) is 4.16. The molecule has 0 bridgehead atoms. The van der Waals surface area contributed by atoms with Crippen molar-refractivity contribution in [2.75, 3.05) is 0 Å². The Hall–Kier alpha value is -1.88. The summed E-state index contributed by atoms with van der Waals surface area (Å²) >= 11 is 0. The highest BCUT2D eigenvalue weighted by molar-refractivity contribution is 5.30. The third kappa shape index (κ3) is 3.54. The molecule has 2 aromatic rings. The first-order chi connectivity index (χ1) is 9.06. The predicted molar refractivity (Wildman–Crippen MR) is 71.8 cm³/mol. The minimum Gasteiger partial charge on any atom is -0.485 e. The summed E-state index contributed by atoms with van der Waals surface area (Å²) in [6.07, 6.45) is 0. The van der Waals surface area contributed by atoms with Gasteiger partial charge in [-0.05, 0) is 30.5 Å². The van der Waals surface area contributed by atoms with Crippen molar-refractivity contribution >= 4 is 0 Å². The predicted octanol–water partition coefficient (Wildman–Crippen LogP) is 2.79. The average molecular weight is 261 g/mol. The summed E-state index contributed by atoms with van der Waals surface area (Å²) in [4.78, 5) is 4.15. The molecular formula is C14H19N3O2. The lowest BCUT2D eigenvalue weighted by Crippen LogP contribution is -2.05. The molecule has 2 N–H and O–H groups in total. The van der Waals surface area contributed by atoms with Crippen LogP contribution in [0, 0.1) is 0 Å². The third-order valence-electron chi connectivity index (χ3n) is 2.77. The zero-order chi connectivity index (χ0) is 13.8. The minimum absolute atomic E-state index is 0.259. The zero-order valence-corrected chi connectivity index (χ0v) is 11.5. The quantitative estimate of drug-likeness (QED) is 0.895. The van der Waals surface area contributed by atoms with Gasteiger partial charge in [-0.25, -0.2) is 0 Å². The van der Waals surface area contributed by atoms with Crippen molar-refractivity contribution < 1.29 is 9.26 Å². The second-order valence-electron chi connectivity index (χ2n) is 4.85. The van der Waals surface area contributed by atoms with Crippen LogP contribution in [-0.2, 0) is 6.61 Å². The fourth-order valence-corrected chi connectivity index (χ4v) is 1.62. The van der Waals surface area contributed by atoms with Crippen LogP contribution < -0.4 is 10.5 Å². The summed E-state index contributed by atoms with van der Waals surface area (Å²) in [5.41, 5.74) is 6.89. The molecule has 0 aliphatic heterocycles. The molecule has 0 fully saturated rings. The first-order valence-electron chi connectivity index (χ1n) is 6.37. The number of ether oxygens (including phenoxy) is 1. The molecule has 5 heteroatoms. The largest absolute Gasteiger partial charge is 0.485 e. The van der Waals surface area contributed by atoms with Crippen LogP contribution in [0.25, 0.3) is 0 Å². The van der Waals surface area contributed by atoms with Crippen molar-refractivity contribution in [2.24, 2.45) is 5.73 Å². The van der Waals surface area contributed by atoms with E-state index in [2.05, 4.69) is 30.1 Å². The van der Waals surface area contributed by atoms with E-state index >= 15 is 0 Å². The molecule has 1 unspecified atom stereocenters. The first kappa shape index (κ1) is 13.5. The highest BCUT2D eigenvalue weighted by atomic mass is 16.5. The summed E-state index contributed by atoms with van der Waals surface area (Å²) < 4.78 is 10.7. The highest BCUT2D eigenvalue weighted by Gasteiger charge is 2.10. The fraction of sp³-hybridized carbons (Fsp3) is 0.429. The summed E-state index contributed by atoms with van der Waals surface area (Å²) in [6.45, 7) is 6.36. The lowest BCUT2D eigenvalue weighted by atomic mass is 10.0. The van der Waals surface area contributed by atoms with E-state index in [0.717, 1.165) is 5.75 Å². The molecule has 102 valence electrons. The van der Waals surface area contributed by atoms with Gasteiger partial charge in [0.2, 0.25) is 11.7 Å². The van der Waals surface area contributed by atoms with Gasteiger partial charge in [-0.1, -0.05) is 31.1 Å². The van der Waals surface area contributed by atoms with Gasteiger partial charge in [-0.2, -0.15) is 4.98 Å². The van der Waals surface area contributed by atoms with Crippen LogP contribution >= 0.6 is 0 Å². The van der Waals surface area contributed by atoms with E-state index in [-0.39, 0.29) is 12.6 Å². The Morgan fingerprint density at radius 2 is 2.11 bits per heavy atom. The van der Waals surface area contributed by atoms with E-state index < -0.39 is 0 Å². The molecule has 0 aliphatic rings. The standard InChI is InChI=1S/C14H19N3O2/c1-9(2)11-5-4-6-12(7-11)18-8-13-16-14(10(3)15)19-17-13/h4-7,9-10H,8,15H2,1-3H3. The number of nitrogens with zero attached hydrogens (tertiary/aromatic N) is 2. The van der Waals surface area contributed by atoms with Gasteiger partial charge in [0.15, 0.2) is 6.61 Å². The van der Waals surface area contributed by atoms with Gasteiger partial charge >= 0.3 is 0 Å². The Morgan fingerprint density at radius 3 is 2.74 bits per heavy atom. The molecule has 0 saturated heterocycles. The maximum atomic E-state index is 5.65. The molecule has 1 aromatic heterocycles. The van der Waals surface area contributed by atoms with Crippen LogP contribution in [0.4, 0.5) is 0 Å². The van der Waals surface area contributed by atoms with Gasteiger partial charge in [0.1, 0.15) is 5.75 Å². The molecule has 0 saturated carbocycles. The number of nitrogens with two attached hydrogens (primary N) is 1. The van der Waals surface area contributed by atoms with Crippen molar-refractivity contribution in [3.8, 4) is 5.75 Å². The van der Waals surface area contributed by atoms with Crippen molar-refractivity contribution in [3.63, 3.8) is 0 Å². The fourth-order valence-electron chi connectivity index (χ4n) is 1.62. The Labute approximate surface area is 112 Å². The third-order valence-corrected chi connectivity index (χ3v) is 2.77. The van der Waals surface area contributed by atoms with Crippen LogP contribution in [0.5, 0.6) is 5.75 Å². The molecular weight excluding hydrogens is 242 g/mol. The Balaban J connectivity index is 1.99. The number of benzene rings is 1. The highest BCUT2D eigenvalue weighted by Crippen LogP contribution is 2.20. The molecule has 1 aromatic carbocycles. The van der Waals surface area contributed by atoms with Crippen molar-refractivity contribution in [2.45, 2.75) is 39.3 Å². The smallest absolute Gasteiger partial charge is 0.243 e. The maximum Gasteiger partial charge on any atom is 0.243 e. The minimum atomic E-state index is -0.259. The molecule has 0 radical (unpaired) electrons. The topological polar surface area (TPSA) is 74.2 Å². The van der Waals surface area contributed by atoms with Crippen LogP contribution in [-0.4, -0.2) is 10.1 Å². The van der Waals surface area contributed by atoms with Gasteiger partial charge in [0.25, 0.3) is 0 Å². The van der Waals surface area contributed by atoms with Crippen molar-refractivity contribution in [3.05, 3.63) is 41.5 Å². The molecule has 1 atom stereocenters. The molecule has 5 nitrogen and oxygen atoms in total. The van der Waals surface area contributed by atoms with Crippen molar-refractivity contribution in [1.82, 2.24) is 10.1 Å². The van der Waals surface area contributed by atoms with Gasteiger partial charge < -0.3 is 15.0 Å². The van der Waals surface area contributed by atoms with E-state index in [9.17, 15) is 0 Å². The molecule has 0 aliphatic carbocycles.